The summed E-state index contributed by atoms with van der Waals surface area (Å²) in [5.74, 6) is 0.154. The van der Waals surface area contributed by atoms with Crippen LogP contribution < -0.4 is 5.32 Å². The summed E-state index contributed by atoms with van der Waals surface area (Å²) >= 11 is 0. The summed E-state index contributed by atoms with van der Waals surface area (Å²) in [5, 5.41) is 2.67. The molecule has 0 radical (unpaired) electrons. The van der Waals surface area contributed by atoms with Crippen LogP contribution in [-0.2, 0) is 14.3 Å². The van der Waals surface area contributed by atoms with E-state index < -0.39 is 6.04 Å². The van der Waals surface area contributed by atoms with Gasteiger partial charge in [0.15, 0.2) is 0 Å². The number of carbonyl (C=O) groups excluding carboxylic acids is 2. The standard InChI is InChI=1S/C10H17NO3/c1-7(2)3-4-9(12)11-8-5-6-14-10(8)13/h7-8H,3-6H2,1-2H3,(H,11,12)/t8-/m0/s1. The Bertz CT molecular complexity index is 225. The number of carbonyl (C=O) groups is 2. The van der Waals surface area contributed by atoms with Crippen LogP contribution in [0, 0.1) is 5.92 Å². The molecule has 0 saturated carbocycles. The van der Waals surface area contributed by atoms with Gasteiger partial charge in [0.1, 0.15) is 6.04 Å². The van der Waals surface area contributed by atoms with E-state index in [1.165, 1.54) is 0 Å². The van der Waals surface area contributed by atoms with Crippen molar-refractivity contribution in [1.82, 2.24) is 5.32 Å². The number of amides is 1. The van der Waals surface area contributed by atoms with Crippen LogP contribution in [0.3, 0.4) is 0 Å². The summed E-state index contributed by atoms with van der Waals surface area (Å²) in [5.41, 5.74) is 0. The number of hydrogen-bond acceptors (Lipinski definition) is 3. The van der Waals surface area contributed by atoms with Crippen molar-refractivity contribution in [2.45, 2.75) is 39.2 Å². The Morgan fingerprint density at radius 3 is 2.86 bits per heavy atom. The molecule has 1 amide bonds. The summed E-state index contributed by atoms with van der Waals surface area (Å²) in [6.07, 6.45) is 1.95. The lowest BCUT2D eigenvalue weighted by molar-refractivity contribution is -0.141. The van der Waals surface area contributed by atoms with Gasteiger partial charge in [-0.2, -0.15) is 0 Å². The minimum atomic E-state index is -0.408. The molecule has 0 spiro atoms. The number of rotatable bonds is 4. The Morgan fingerprint density at radius 2 is 2.36 bits per heavy atom. The molecule has 0 unspecified atom stereocenters. The average molecular weight is 199 g/mol. The smallest absolute Gasteiger partial charge is 0.328 e. The van der Waals surface area contributed by atoms with Crippen LogP contribution in [0.4, 0.5) is 0 Å². The van der Waals surface area contributed by atoms with Gasteiger partial charge in [0, 0.05) is 12.8 Å². The number of cyclic esters (lactones) is 1. The van der Waals surface area contributed by atoms with E-state index in [1.807, 2.05) is 0 Å². The molecule has 1 atom stereocenters. The molecule has 14 heavy (non-hydrogen) atoms. The van der Waals surface area contributed by atoms with Gasteiger partial charge in [-0.1, -0.05) is 13.8 Å². The quantitative estimate of drug-likeness (QED) is 0.683. The Hall–Kier alpha value is -1.06. The lowest BCUT2D eigenvalue weighted by Crippen LogP contribution is -2.37. The second kappa shape index (κ2) is 4.98. The maximum Gasteiger partial charge on any atom is 0.328 e. The van der Waals surface area contributed by atoms with Crippen LogP contribution in [0.1, 0.15) is 33.1 Å². The molecule has 1 rings (SSSR count). The van der Waals surface area contributed by atoms with E-state index in [-0.39, 0.29) is 11.9 Å². The first-order valence-electron chi connectivity index (χ1n) is 5.05. The molecule has 0 aromatic rings. The third-order valence-electron chi connectivity index (χ3n) is 2.22. The van der Waals surface area contributed by atoms with E-state index in [9.17, 15) is 9.59 Å². The molecule has 1 fully saturated rings. The minimum Gasteiger partial charge on any atom is -0.464 e. The largest absolute Gasteiger partial charge is 0.464 e. The van der Waals surface area contributed by atoms with Crippen LogP contribution in [0.5, 0.6) is 0 Å². The third-order valence-corrected chi connectivity index (χ3v) is 2.22. The first-order chi connectivity index (χ1) is 6.59. The van der Waals surface area contributed by atoms with Crippen LogP contribution >= 0.6 is 0 Å². The molecule has 1 heterocycles. The zero-order valence-corrected chi connectivity index (χ0v) is 8.71. The Balaban J connectivity index is 2.23. The van der Waals surface area contributed by atoms with Crippen LogP contribution in [0.25, 0.3) is 0 Å². The van der Waals surface area contributed by atoms with Gasteiger partial charge in [0.25, 0.3) is 0 Å². The van der Waals surface area contributed by atoms with Crippen molar-refractivity contribution in [3.05, 3.63) is 0 Å². The van der Waals surface area contributed by atoms with Crippen molar-refractivity contribution < 1.29 is 14.3 Å². The molecule has 80 valence electrons. The Morgan fingerprint density at radius 1 is 1.64 bits per heavy atom. The molecule has 4 nitrogen and oxygen atoms in total. The fourth-order valence-corrected chi connectivity index (χ4v) is 1.31. The van der Waals surface area contributed by atoms with Crippen molar-refractivity contribution in [3.63, 3.8) is 0 Å². The Kier molecular flexibility index (Phi) is 3.92. The maximum absolute atomic E-state index is 11.3. The van der Waals surface area contributed by atoms with Gasteiger partial charge in [0.05, 0.1) is 6.61 Å². The van der Waals surface area contributed by atoms with Crippen molar-refractivity contribution in [1.29, 1.82) is 0 Å². The van der Waals surface area contributed by atoms with E-state index in [1.54, 1.807) is 0 Å². The average Bonchev–Trinajstić information content (AvgIpc) is 2.49. The highest BCUT2D eigenvalue weighted by molar-refractivity contribution is 5.85. The van der Waals surface area contributed by atoms with Crippen LogP contribution in [0.2, 0.25) is 0 Å². The highest BCUT2D eigenvalue weighted by atomic mass is 16.5. The molecule has 1 N–H and O–H groups in total. The van der Waals surface area contributed by atoms with Crippen molar-refractivity contribution >= 4 is 11.9 Å². The van der Waals surface area contributed by atoms with Gasteiger partial charge in [-0.25, -0.2) is 4.79 Å². The molecule has 0 bridgehead atoms. The number of ether oxygens (including phenoxy) is 1. The minimum absolute atomic E-state index is 0.0532. The summed E-state index contributed by atoms with van der Waals surface area (Å²) in [4.78, 5) is 22.3. The maximum atomic E-state index is 11.3. The van der Waals surface area contributed by atoms with E-state index in [0.717, 1.165) is 6.42 Å². The van der Waals surface area contributed by atoms with Gasteiger partial charge in [-0.3, -0.25) is 4.79 Å². The Labute approximate surface area is 84.0 Å². The number of nitrogens with one attached hydrogen (secondary N) is 1. The molecule has 1 aliphatic heterocycles. The summed E-state index contributed by atoms with van der Waals surface area (Å²) in [6.45, 7) is 4.56. The zero-order valence-electron chi connectivity index (χ0n) is 8.71. The van der Waals surface area contributed by atoms with Crippen molar-refractivity contribution in [2.24, 2.45) is 5.92 Å². The monoisotopic (exact) mass is 199 g/mol. The number of esters is 1. The highest BCUT2D eigenvalue weighted by Gasteiger charge is 2.27. The summed E-state index contributed by atoms with van der Waals surface area (Å²) < 4.78 is 4.74. The topological polar surface area (TPSA) is 55.4 Å². The molecule has 0 aromatic carbocycles. The molecule has 4 heteroatoms. The van der Waals surface area contributed by atoms with E-state index in [0.29, 0.717) is 25.4 Å². The molecular weight excluding hydrogens is 182 g/mol. The molecule has 1 saturated heterocycles. The van der Waals surface area contributed by atoms with Gasteiger partial charge in [-0.15, -0.1) is 0 Å². The highest BCUT2D eigenvalue weighted by Crippen LogP contribution is 2.07. The second-order valence-corrected chi connectivity index (χ2v) is 4.01. The normalized spacial score (nSPS) is 21.1. The lowest BCUT2D eigenvalue weighted by atomic mass is 10.1. The summed E-state index contributed by atoms with van der Waals surface area (Å²) in [6, 6.07) is -0.408. The van der Waals surface area contributed by atoms with E-state index in [4.69, 9.17) is 4.74 Å². The van der Waals surface area contributed by atoms with Gasteiger partial charge in [-0.05, 0) is 12.3 Å². The van der Waals surface area contributed by atoms with Crippen molar-refractivity contribution in [3.8, 4) is 0 Å². The second-order valence-electron chi connectivity index (χ2n) is 4.01. The van der Waals surface area contributed by atoms with Gasteiger partial charge < -0.3 is 10.1 Å². The van der Waals surface area contributed by atoms with Gasteiger partial charge >= 0.3 is 5.97 Å². The van der Waals surface area contributed by atoms with E-state index >= 15 is 0 Å². The zero-order chi connectivity index (χ0) is 10.6. The van der Waals surface area contributed by atoms with Crippen LogP contribution in [-0.4, -0.2) is 24.5 Å². The fraction of sp³-hybridized carbons (Fsp3) is 0.800. The van der Waals surface area contributed by atoms with Gasteiger partial charge in [0.2, 0.25) is 5.91 Å². The first-order valence-corrected chi connectivity index (χ1v) is 5.05. The fourth-order valence-electron chi connectivity index (χ4n) is 1.31. The van der Waals surface area contributed by atoms with Crippen LogP contribution in [0.15, 0.2) is 0 Å². The first kappa shape index (κ1) is 11.0. The van der Waals surface area contributed by atoms with E-state index in [2.05, 4.69) is 19.2 Å². The molecule has 1 aliphatic rings. The predicted octanol–water partition coefficient (Wildman–Crippen LogP) is 0.854. The number of hydrogen-bond donors (Lipinski definition) is 1. The molecular formula is C10H17NO3. The predicted molar refractivity (Wildman–Crippen MR) is 51.6 cm³/mol. The van der Waals surface area contributed by atoms with Crippen molar-refractivity contribution in [2.75, 3.05) is 6.61 Å². The molecule has 0 aliphatic carbocycles. The molecule has 0 aromatic heterocycles. The summed E-state index contributed by atoms with van der Waals surface area (Å²) in [7, 11) is 0. The SMILES string of the molecule is CC(C)CCC(=O)N[C@H]1CCOC1=O. The lowest BCUT2D eigenvalue weighted by Gasteiger charge is -2.09. The third kappa shape index (κ3) is 3.36.